The molecule has 0 aromatic heterocycles. The SMILES string of the molecule is Cc1cccc(Oc2ccc(C=O)c(Cl)c2)c1[N+](=O)[O-]. The van der Waals surface area contributed by atoms with E-state index in [1.807, 2.05) is 0 Å². The van der Waals surface area contributed by atoms with Gasteiger partial charge >= 0.3 is 5.69 Å². The van der Waals surface area contributed by atoms with Gasteiger partial charge in [-0.05, 0) is 25.1 Å². The van der Waals surface area contributed by atoms with Crippen molar-refractivity contribution in [2.75, 3.05) is 0 Å². The second kappa shape index (κ2) is 5.71. The first-order valence-electron chi connectivity index (χ1n) is 5.69. The number of aryl methyl sites for hydroxylation is 1. The number of rotatable bonds is 4. The minimum atomic E-state index is -0.494. The fourth-order valence-corrected chi connectivity index (χ4v) is 1.96. The number of nitrogens with zero attached hydrogens (tertiary/aromatic N) is 1. The van der Waals surface area contributed by atoms with Crippen molar-refractivity contribution in [1.82, 2.24) is 0 Å². The van der Waals surface area contributed by atoms with Crippen molar-refractivity contribution in [3.63, 3.8) is 0 Å². The number of carbonyl (C=O) groups excluding carboxylic acids is 1. The second-order valence-corrected chi connectivity index (χ2v) is 4.49. The van der Waals surface area contributed by atoms with Crippen molar-refractivity contribution in [2.45, 2.75) is 6.92 Å². The summed E-state index contributed by atoms with van der Waals surface area (Å²) >= 11 is 5.88. The predicted molar refractivity (Wildman–Crippen MR) is 74.7 cm³/mol. The van der Waals surface area contributed by atoms with Crippen LogP contribution in [-0.2, 0) is 0 Å². The molecule has 0 atom stereocenters. The lowest BCUT2D eigenvalue weighted by atomic mass is 10.2. The van der Waals surface area contributed by atoms with E-state index < -0.39 is 4.92 Å². The fourth-order valence-electron chi connectivity index (χ4n) is 1.74. The number of carbonyl (C=O) groups is 1. The quantitative estimate of drug-likeness (QED) is 0.482. The van der Waals surface area contributed by atoms with Gasteiger partial charge < -0.3 is 4.74 Å². The van der Waals surface area contributed by atoms with Crippen LogP contribution in [0.25, 0.3) is 0 Å². The largest absolute Gasteiger partial charge is 0.450 e. The third-order valence-corrected chi connectivity index (χ3v) is 3.04. The van der Waals surface area contributed by atoms with Crippen LogP contribution in [0.4, 0.5) is 5.69 Å². The first-order chi connectivity index (χ1) is 9.52. The van der Waals surface area contributed by atoms with E-state index in [1.54, 1.807) is 19.1 Å². The topological polar surface area (TPSA) is 69.4 Å². The summed E-state index contributed by atoms with van der Waals surface area (Å²) < 4.78 is 5.49. The van der Waals surface area contributed by atoms with E-state index in [0.29, 0.717) is 23.2 Å². The summed E-state index contributed by atoms with van der Waals surface area (Å²) in [6.45, 7) is 1.63. The molecule has 6 heteroatoms. The van der Waals surface area contributed by atoms with Crippen LogP contribution >= 0.6 is 11.6 Å². The fraction of sp³-hybridized carbons (Fsp3) is 0.0714. The Kier molecular flexibility index (Phi) is 4.00. The number of halogens is 1. The van der Waals surface area contributed by atoms with E-state index in [9.17, 15) is 14.9 Å². The van der Waals surface area contributed by atoms with Crippen molar-refractivity contribution < 1.29 is 14.5 Å². The molecule has 0 aliphatic carbocycles. The zero-order valence-corrected chi connectivity index (χ0v) is 11.3. The number of hydrogen-bond donors (Lipinski definition) is 0. The number of benzene rings is 2. The molecule has 0 bridgehead atoms. The van der Waals surface area contributed by atoms with E-state index in [1.165, 1.54) is 24.3 Å². The summed E-state index contributed by atoms with van der Waals surface area (Å²) in [6, 6.07) is 9.27. The average Bonchev–Trinajstić information content (AvgIpc) is 2.38. The van der Waals surface area contributed by atoms with Crippen molar-refractivity contribution in [3.05, 3.63) is 62.7 Å². The zero-order valence-electron chi connectivity index (χ0n) is 10.5. The highest BCUT2D eigenvalue weighted by Gasteiger charge is 2.18. The minimum absolute atomic E-state index is 0.0944. The second-order valence-electron chi connectivity index (χ2n) is 4.08. The third-order valence-electron chi connectivity index (χ3n) is 2.71. The average molecular weight is 292 g/mol. The highest BCUT2D eigenvalue weighted by molar-refractivity contribution is 6.33. The van der Waals surface area contributed by atoms with Gasteiger partial charge in [0.15, 0.2) is 6.29 Å². The van der Waals surface area contributed by atoms with E-state index in [4.69, 9.17) is 16.3 Å². The van der Waals surface area contributed by atoms with Crippen molar-refractivity contribution in [2.24, 2.45) is 0 Å². The molecule has 0 heterocycles. The summed E-state index contributed by atoms with van der Waals surface area (Å²) in [5, 5.41) is 11.3. The van der Waals surface area contributed by atoms with Crippen molar-refractivity contribution >= 4 is 23.6 Å². The molecule has 20 heavy (non-hydrogen) atoms. The van der Waals surface area contributed by atoms with E-state index >= 15 is 0 Å². The summed E-state index contributed by atoms with van der Waals surface area (Å²) in [4.78, 5) is 21.2. The summed E-state index contributed by atoms with van der Waals surface area (Å²) in [6.07, 6.45) is 0.626. The Labute approximate surface area is 119 Å². The van der Waals surface area contributed by atoms with Crippen LogP contribution in [0.1, 0.15) is 15.9 Å². The number of hydrogen-bond acceptors (Lipinski definition) is 4. The van der Waals surface area contributed by atoms with Crippen LogP contribution < -0.4 is 4.74 Å². The molecule has 0 saturated carbocycles. The van der Waals surface area contributed by atoms with Crippen LogP contribution in [0.5, 0.6) is 11.5 Å². The molecule has 102 valence electrons. The van der Waals surface area contributed by atoms with E-state index in [-0.39, 0.29) is 16.5 Å². The summed E-state index contributed by atoms with van der Waals surface area (Å²) in [7, 11) is 0. The third kappa shape index (κ3) is 2.78. The molecule has 0 unspecified atom stereocenters. The normalized spacial score (nSPS) is 10.1. The Morgan fingerprint density at radius 2 is 2.05 bits per heavy atom. The molecule has 2 rings (SSSR count). The molecular formula is C14H10ClNO4. The Bertz CT molecular complexity index is 685. The molecule has 2 aromatic carbocycles. The summed E-state index contributed by atoms with van der Waals surface area (Å²) in [5.41, 5.74) is 0.740. The molecule has 0 aliphatic rings. The molecule has 2 aromatic rings. The molecular weight excluding hydrogens is 282 g/mol. The van der Waals surface area contributed by atoms with Gasteiger partial charge in [-0.2, -0.15) is 0 Å². The monoisotopic (exact) mass is 291 g/mol. The maximum Gasteiger partial charge on any atom is 0.314 e. The van der Waals surface area contributed by atoms with E-state index in [2.05, 4.69) is 0 Å². The molecule has 0 N–H and O–H groups in total. The van der Waals surface area contributed by atoms with Crippen LogP contribution in [0.3, 0.4) is 0 Å². The standard InChI is InChI=1S/C14H10ClNO4/c1-9-3-2-4-13(14(9)16(18)19)20-11-6-5-10(8-17)12(15)7-11/h2-8H,1H3. The highest BCUT2D eigenvalue weighted by Crippen LogP contribution is 2.34. The Morgan fingerprint density at radius 3 is 2.65 bits per heavy atom. The highest BCUT2D eigenvalue weighted by atomic mass is 35.5. The molecule has 0 fully saturated rings. The molecule has 5 nitrogen and oxygen atoms in total. The van der Waals surface area contributed by atoms with Crippen LogP contribution in [0.2, 0.25) is 5.02 Å². The van der Waals surface area contributed by atoms with Crippen molar-refractivity contribution in [1.29, 1.82) is 0 Å². The van der Waals surface area contributed by atoms with Gasteiger partial charge in [0.25, 0.3) is 0 Å². The molecule has 0 radical (unpaired) electrons. The first kappa shape index (κ1) is 14.0. The molecule has 0 aliphatic heterocycles. The number of nitro benzene ring substituents is 1. The van der Waals surface area contributed by atoms with Gasteiger partial charge in [0, 0.05) is 17.2 Å². The molecule has 0 spiro atoms. The maximum atomic E-state index is 11.1. The lowest BCUT2D eigenvalue weighted by Gasteiger charge is -2.08. The maximum absolute atomic E-state index is 11.1. The number of aldehydes is 1. The van der Waals surface area contributed by atoms with Crippen LogP contribution in [0.15, 0.2) is 36.4 Å². The number of ether oxygens (including phenoxy) is 1. The minimum Gasteiger partial charge on any atom is -0.450 e. The van der Waals surface area contributed by atoms with Crippen LogP contribution in [0, 0.1) is 17.0 Å². The van der Waals surface area contributed by atoms with Gasteiger partial charge in [-0.3, -0.25) is 14.9 Å². The van der Waals surface area contributed by atoms with Gasteiger partial charge in [-0.1, -0.05) is 23.7 Å². The predicted octanol–water partition coefficient (Wildman–Crippen LogP) is 4.16. The first-order valence-corrected chi connectivity index (χ1v) is 6.07. The smallest absolute Gasteiger partial charge is 0.314 e. The lowest BCUT2D eigenvalue weighted by Crippen LogP contribution is -1.96. The molecule has 0 amide bonds. The van der Waals surface area contributed by atoms with E-state index in [0.717, 1.165) is 0 Å². The van der Waals surface area contributed by atoms with Crippen LogP contribution in [-0.4, -0.2) is 11.2 Å². The summed E-state index contributed by atoms with van der Waals surface area (Å²) in [5.74, 6) is 0.458. The molecule has 0 saturated heterocycles. The Hall–Kier alpha value is -2.40. The lowest BCUT2D eigenvalue weighted by molar-refractivity contribution is -0.386. The van der Waals surface area contributed by atoms with Gasteiger partial charge in [-0.25, -0.2) is 0 Å². The zero-order chi connectivity index (χ0) is 14.7. The van der Waals surface area contributed by atoms with Gasteiger partial charge in [0.1, 0.15) is 5.75 Å². The number of nitro groups is 1. The van der Waals surface area contributed by atoms with Gasteiger partial charge in [0.05, 0.1) is 9.95 Å². The number of para-hydroxylation sites is 1. The van der Waals surface area contributed by atoms with Gasteiger partial charge in [-0.15, -0.1) is 0 Å². The van der Waals surface area contributed by atoms with Gasteiger partial charge in [0.2, 0.25) is 5.75 Å². The Morgan fingerprint density at radius 1 is 1.30 bits per heavy atom. The van der Waals surface area contributed by atoms with Crippen molar-refractivity contribution in [3.8, 4) is 11.5 Å². The Balaban J connectivity index is 2.40.